The maximum atomic E-state index is 13.6. The Morgan fingerprint density at radius 2 is 1.47 bits per heavy atom. The van der Waals surface area contributed by atoms with Crippen LogP contribution >= 0.6 is 0 Å². The summed E-state index contributed by atoms with van der Waals surface area (Å²) in [5.74, 6) is -1.16. The molecule has 0 fully saturated rings. The first-order valence-electron chi connectivity index (χ1n) is 9.88. The van der Waals surface area contributed by atoms with Gasteiger partial charge in [0.05, 0.1) is 0 Å². The Morgan fingerprint density at radius 1 is 0.800 bits per heavy atom. The fraction of sp³-hybridized carbons (Fsp3) is 0.160. The quantitative estimate of drug-likeness (QED) is 0.500. The molecule has 0 saturated heterocycles. The van der Waals surface area contributed by atoms with E-state index in [9.17, 15) is 14.4 Å². The minimum atomic E-state index is -0.887. The Morgan fingerprint density at radius 3 is 2.20 bits per heavy atom. The van der Waals surface area contributed by atoms with Gasteiger partial charge in [-0.05, 0) is 23.6 Å². The average molecular weight is 399 g/mol. The summed E-state index contributed by atoms with van der Waals surface area (Å²) < 4.78 is 0. The molecular weight excluding hydrogens is 378 g/mol. The van der Waals surface area contributed by atoms with Crippen molar-refractivity contribution in [3.8, 4) is 11.1 Å². The highest BCUT2D eigenvalue weighted by atomic mass is 16.4. The smallest absolute Gasteiger partial charge is 0.303 e. The van der Waals surface area contributed by atoms with Crippen molar-refractivity contribution in [3.05, 3.63) is 95.1 Å². The molecule has 5 nitrogen and oxygen atoms in total. The SMILES string of the molecule is O=C(O)CCCN(Cc1ccccc1)C(=O)c1cccc2c1-c1ccccc1C2=O. The first-order chi connectivity index (χ1) is 14.6. The van der Waals surface area contributed by atoms with E-state index in [2.05, 4.69) is 0 Å². The Balaban J connectivity index is 1.71. The summed E-state index contributed by atoms with van der Waals surface area (Å²) in [6, 6.07) is 22.1. The molecule has 1 aliphatic carbocycles. The molecule has 4 rings (SSSR count). The lowest BCUT2D eigenvalue weighted by Crippen LogP contribution is -2.32. The van der Waals surface area contributed by atoms with Crippen molar-refractivity contribution in [1.29, 1.82) is 0 Å². The van der Waals surface area contributed by atoms with Gasteiger partial charge in [0, 0.05) is 41.8 Å². The highest BCUT2D eigenvalue weighted by Crippen LogP contribution is 2.39. The van der Waals surface area contributed by atoms with Gasteiger partial charge in [-0.25, -0.2) is 0 Å². The first kappa shape index (κ1) is 19.6. The van der Waals surface area contributed by atoms with Crippen LogP contribution in [0.1, 0.15) is 44.7 Å². The molecule has 0 saturated carbocycles. The molecule has 0 spiro atoms. The third-order valence-corrected chi connectivity index (χ3v) is 5.30. The van der Waals surface area contributed by atoms with E-state index in [0.717, 1.165) is 11.1 Å². The van der Waals surface area contributed by atoms with Crippen molar-refractivity contribution in [2.45, 2.75) is 19.4 Å². The second kappa shape index (κ2) is 8.33. The van der Waals surface area contributed by atoms with E-state index in [4.69, 9.17) is 5.11 Å². The summed E-state index contributed by atoms with van der Waals surface area (Å²) >= 11 is 0. The Bertz CT molecular complexity index is 1120. The number of carboxylic acids is 1. The van der Waals surface area contributed by atoms with Crippen LogP contribution in [0.5, 0.6) is 0 Å². The monoisotopic (exact) mass is 399 g/mol. The molecule has 0 radical (unpaired) electrons. The molecule has 5 heteroatoms. The predicted molar refractivity (Wildman–Crippen MR) is 113 cm³/mol. The predicted octanol–water partition coefficient (Wildman–Crippen LogP) is 4.41. The second-order valence-corrected chi connectivity index (χ2v) is 7.31. The molecule has 0 aliphatic heterocycles. The van der Waals surface area contributed by atoms with Gasteiger partial charge in [0.1, 0.15) is 0 Å². The van der Waals surface area contributed by atoms with Crippen molar-refractivity contribution in [2.24, 2.45) is 0 Å². The van der Waals surface area contributed by atoms with Crippen LogP contribution in [0.2, 0.25) is 0 Å². The van der Waals surface area contributed by atoms with Crippen molar-refractivity contribution in [1.82, 2.24) is 4.90 Å². The molecule has 3 aromatic rings. The fourth-order valence-electron chi connectivity index (χ4n) is 3.90. The van der Waals surface area contributed by atoms with Crippen molar-refractivity contribution < 1.29 is 19.5 Å². The zero-order valence-electron chi connectivity index (χ0n) is 16.4. The van der Waals surface area contributed by atoms with Gasteiger partial charge in [-0.15, -0.1) is 0 Å². The lowest BCUT2D eigenvalue weighted by Gasteiger charge is -2.24. The number of hydrogen-bond acceptors (Lipinski definition) is 3. The molecule has 150 valence electrons. The summed E-state index contributed by atoms with van der Waals surface area (Å²) in [7, 11) is 0. The van der Waals surface area contributed by atoms with E-state index in [0.29, 0.717) is 41.8 Å². The van der Waals surface area contributed by atoms with Gasteiger partial charge in [0.25, 0.3) is 5.91 Å². The zero-order valence-corrected chi connectivity index (χ0v) is 16.4. The van der Waals surface area contributed by atoms with Crippen molar-refractivity contribution >= 4 is 17.7 Å². The highest BCUT2D eigenvalue weighted by Gasteiger charge is 2.31. The van der Waals surface area contributed by atoms with Crippen LogP contribution in [-0.4, -0.2) is 34.2 Å². The molecule has 0 heterocycles. The molecule has 3 aromatic carbocycles. The Labute approximate surface area is 174 Å². The number of rotatable bonds is 7. The van der Waals surface area contributed by atoms with E-state index in [-0.39, 0.29) is 18.1 Å². The molecule has 30 heavy (non-hydrogen) atoms. The normalized spacial score (nSPS) is 11.7. The number of benzene rings is 3. The van der Waals surface area contributed by atoms with Gasteiger partial charge in [-0.3, -0.25) is 14.4 Å². The molecule has 0 bridgehead atoms. The molecule has 1 N–H and O–H groups in total. The van der Waals surface area contributed by atoms with Gasteiger partial charge in [-0.1, -0.05) is 66.7 Å². The minimum Gasteiger partial charge on any atom is -0.481 e. The van der Waals surface area contributed by atoms with Gasteiger partial charge in [0.15, 0.2) is 5.78 Å². The summed E-state index contributed by atoms with van der Waals surface area (Å²) in [5, 5.41) is 9.00. The number of nitrogens with zero attached hydrogens (tertiary/aromatic N) is 1. The summed E-state index contributed by atoms with van der Waals surface area (Å²) in [4.78, 5) is 39.0. The lowest BCUT2D eigenvalue weighted by molar-refractivity contribution is -0.137. The zero-order chi connectivity index (χ0) is 21.1. The Kier molecular flexibility index (Phi) is 5.44. The van der Waals surface area contributed by atoms with Crippen molar-refractivity contribution in [2.75, 3.05) is 6.54 Å². The summed E-state index contributed by atoms with van der Waals surface area (Å²) in [6.07, 6.45) is 0.352. The van der Waals surface area contributed by atoms with E-state index in [1.807, 2.05) is 48.5 Å². The standard InChI is InChI=1S/C25H21NO4/c27-22(28)14-7-15-26(16-17-8-2-1-3-9-17)25(30)21-13-6-12-20-23(21)18-10-4-5-11-19(18)24(20)29/h1-6,8-13H,7,14-16H2,(H,27,28). The summed E-state index contributed by atoms with van der Waals surface area (Å²) in [5.41, 5.74) is 4.01. The fourth-order valence-corrected chi connectivity index (χ4v) is 3.90. The maximum Gasteiger partial charge on any atom is 0.303 e. The van der Waals surface area contributed by atoms with Crippen LogP contribution in [0.3, 0.4) is 0 Å². The number of fused-ring (bicyclic) bond motifs is 3. The van der Waals surface area contributed by atoms with E-state index in [1.54, 1.807) is 29.2 Å². The van der Waals surface area contributed by atoms with Crippen LogP contribution in [-0.2, 0) is 11.3 Å². The van der Waals surface area contributed by atoms with Gasteiger partial charge in [0.2, 0.25) is 0 Å². The van der Waals surface area contributed by atoms with Crippen LogP contribution < -0.4 is 0 Å². The largest absolute Gasteiger partial charge is 0.481 e. The molecule has 1 amide bonds. The first-order valence-corrected chi connectivity index (χ1v) is 9.88. The molecule has 1 aliphatic rings. The van der Waals surface area contributed by atoms with Crippen LogP contribution in [0.4, 0.5) is 0 Å². The summed E-state index contributed by atoms with van der Waals surface area (Å²) in [6.45, 7) is 0.692. The van der Waals surface area contributed by atoms with E-state index in [1.165, 1.54) is 0 Å². The molecule has 0 atom stereocenters. The number of carbonyl (C=O) groups excluding carboxylic acids is 2. The molecular formula is C25H21NO4. The van der Waals surface area contributed by atoms with Crippen LogP contribution in [0.25, 0.3) is 11.1 Å². The van der Waals surface area contributed by atoms with E-state index < -0.39 is 5.97 Å². The third-order valence-electron chi connectivity index (χ3n) is 5.30. The number of amides is 1. The number of ketones is 1. The Hall–Kier alpha value is -3.73. The highest BCUT2D eigenvalue weighted by molar-refractivity contribution is 6.24. The van der Waals surface area contributed by atoms with Gasteiger partial charge in [-0.2, -0.15) is 0 Å². The van der Waals surface area contributed by atoms with Crippen molar-refractivity contribution in [3.63, 3.8) is 0 Å². The number of aliphatic carboxylic acids is 1. The van der Waals surface area contributed by atoms with Crippen LogP contribution in [0, 0.1) is 0 Å². The molecule has 0 unspecified atom stereocenters. The van der Waals surface area contributed by atoms with Crippen LogP contribution in [0.15, 0.2) is 72.8 Å². The number of carbonyl (C=O) groups is 3. The number of carboxylic acid groups (broad SMARTS) is 1. The third kappa shape index (κ3) is 3.74. The maximum absolute atomic E-state index is 13.6. The lowest BCUT2D eigenvalue weighted by atomic mass is 9.98. The van der Waals surface area contributed by atoms with Gasteiger partial charge < -0.3 is 10.0 Å². The molecule has 0 aromatic heterocycles. The second-order valence-electron chi connectivity index (χ2n) is 7.31. The topological polar surface area (TPSA) is 74.7 Å². The van der Waals surface area contributed by atoms with Gasteiger partial charge >= 0.3 is 5.97 Å². The average Bonchev–Trinajstić information content (AvgIpc) is 3.06. The number of hydrogen-bond donors (Lipinski definition) is 1. The van der Waals surface area contributed by atoms with E-state index >= 15 is 0 Å². The minimum absolute atomic E-state index is 0.00716.